The first-order chi connectivity index (χ1) is 10.7. The van der Waals surface area contributed by atoms with Crippen LogP contribution in [0.5, 0.6) is 5.75 Å². The molecule has 0 unspecified atom stereocenters. The molecule has 118 valence electrons. The summed E-state index contributed by atoms with van der Waals surface area (Å²) < 4.78 is 5.20. The summed E-state index contributed by atoms with van der Waals surface area (Å²) in [5, 5.41) is 2.47. The van der Waals surface area contributed by atoms with E-state index in [-0.39, 0.29) is 0 Å². The highest BCUT2D eigenvalue weighted by atomic mass is 16.5. The molecule has 2 nitrogen and oxygen atoms in total. The molecule has 0 radical (unpaired) electrons. The molecule has 2 aromatic carbocycles. The summed E-state index contributed by atoms with van der Waals surface area (Å²) in [6, 6.07) is 19.8. The summed E-state index contributed by atoms with van der Waals surface area (Å²) in [5.74, 6) is 1.53. The molecule has 0 saturated carbocycles. The van der Waals surface area contributed by atoms with Gasteiger partial charge in [0, 0.05) is 12.3 Å². The Kier molecular flexibility index (Phi) is 6.47. The van der Waals surface area contributed by atoms with Crippen molar-refractivity contribution in [3.8, 4) is 5.75 Å². The Morgan fingerprint density at radius 1 is 0.955 bits per heavy atom. The number of methoxy groups -OCH3 is 1. The van der Waals surface area contributed by atoms with Gasteiger partial charge < -0.3 is 10.1 Å². The molecule has 0 aliphatic heterocycles. The van der Waals surface area contributed by atoms with Crippen LogP contribution in [0.15, 0.2) is 54.6 Å². The lowest BCUT2D eigenvalue weighted by Crippen LogP contribution is -2.90. The van der Waals surface area contributed by atoms with Gasteiger partial charge in [0.05, 0.1) is 19.7 Å². The Morgan fingerprint density at radius 3 is 2.27 bits per heavy atom. The van der Waals surface area contributed by atoms with Gasteiger partial charge in [0.2, 0.25) is 0 Å². The van der Waals surface area contributed by atoms with E-state index in [1.165, 1.54) is 17.5 Å². The fourth-order valence-electron chi connectivity index (χ4n) is 2.66. The lowest BCUT2D eigenvalue weighted by atomic mass is 10.0. The van der Waals surface area contributed by atoms with E-state index in [2.05, 4.69) is 61.6 Å². The minimum atomic E-state index is 0.602. The molecule has 0 bridgehead atoms. The first-order valence-corrected chi connectivity index (χ1v) is 8.20. The third-order valence-electron chi connectivity index (χ3n) is 4.31. The molecule has 2 N–H and O–H groups in total. The number of hydrogen-bond acceptors (Lipinski definition) is 1. The third kappa shape index (κ3) is 5.19. The van der Waals surface area contributed by atoms with E-state index in [9.17, 15) is 0 Å². The maximum absolute atomic E-state index is 5.20. The average molecular weight is 298 g/mol. The van der Waals surface area contributed by atoms with Crippen molar-refractivity contribution >= 4 is 0 Å². The van der Waals surface area contributed by atoms with Crippen molar-refractivity contribution in [2.45, 2.75) is 38.6 Å². The van der Waals surface area contributed by atoms with E-state index < -0.39 is 0 Å². The molecule has 0 aromatic heterocycles. The monoisotopic (exact) mass is 298 g/mol. The molecule has 0 amide bonds. The summed E-state index contributed by atoms with van der Waals surface area (Å²) in [5.41, 5.74) is 2.82. The Balaban J connectivity index is 1.72. The van der Waals surface area contributed by atoms with Crippen LogP contribution in [0.1, 0.15) is 37.3 Å². The van der Waals surface area contributed by atoms with Gasteiger partial charge in [-0.15, -0.1) is 0 Å². The Labute approximate surface area is 134 Å². The SMILES string of the molecule is COc1ccc(CC[C@@H](C)[NH2+]C[C@@H](C)c2ccccc2)cc1. The molecule has 2 atom stereocenters. The molecule has 22 heavy (non-hydrogen) atoms. The molecular formula is C20H28NO+. The van der Waals surface area contributed by atoms with E-state index in [0.29, 0.717) is 12.0 Å². The van der Waals surface area contributed by atoms with E-state index in [1.807, 2.05) is 12.1 Å². The normalized spacial score (nSPS) is 13.6. The number of quaternary nitrogens is 1. The number of aryl methyl sites for hydroxylation is 1. The minimum absolute atomic E-state index is 0.602. The minimum Gasteiger partial charge on any atom is -0.497 e. The molecule has 0 spiro atoms. The average Bonchev–Trinajstić information content (AvgIpc) is 2.59. The van der Waals surface area contributed by atoms with Gasteiger partial charge in [-0.3, -0.25) is 0 Å². The zero-order valence-electron chi connectivity index (χ0n) is 14.0. The molecule has 2 heteroatoms. The lowest BCUT2D eigenvalue weighted by molar-refractivity contribution is -0.688. The van der Waals surface area contributed by atoms with Gasteiger partial charge in [-0.25, -0.2) is 0 Å². The summed E-state index contributed by atoms with van der Waals surface area (Å²) in [6.07, 6.45) is 2.33. The van der Waals surface area contributed by atoms with Crippen LogP contribution < -0.4 is 10.1 Å². The fraction of sp³-hybridized carbons (Fsp3) is 0.400. The maximum Gasteiger partial charge on any atom is 0.118 e. The second-order valence-corrected chi connectivity index (χ2v) is 6.15. The zero-order chi connectivity index (χ0) is 15.8. The summed E-state index contributed by atoms with van der Waals surface area (Å²) in [6.45, 7) is 5.77. The van der Waals surface area contributed by atoms with Crippen LogP contribution in [0.2, 0.25) is 0 Å². The number of rotatable bonds is 8. The van der Waals surface area contributed by atoms with E-state index in [4.69, 9.17) is 4.74 Å². The molecule has 2 aromatic rings. The van der Waals surface area contributed by atoms with Crippen molar-refractivity contribution in [2.24, 2.45) is 0 Å². The molecule has 2 rings (SSSR count). The van der Waals surface area contributed by atoms with Crippen LogP contribution in [0.25, 0.3) is 0 Å². The quantitative estimate of drug-likeness (QED) is 0.794. The highest BCUT2D eigenvalue weighted by Crippen LogP contribution is 2.13. The summed E-state index contributed by atoms with van der Waals surface area (Å²) >= 11 is 0. The van der Waals surface area contributed by atoms with Gasteiger partial charge in [0.1, 0.15) is 5.75 Å². The largest absolute Gasteiger partial charge is 0.497 e. The van der Waals surface area contributed by atoms with Gasteiger partial charge in [-0.1, -0.05) is 49.4 Å². The van der Waals surface area contributed by atoms with Crippen LogP contribution in [-0.4, -0.2) is 19.7 Å². The predicted octanol–water partition coefficient (Wildman–Crippen LogP) is 3.38. The molecular weight excluding hydrogens is 270 g/mol. The van der Waals surface area contributed by atoms with Crippen molar-refractivity contribution in [1.82, 2.24) is 0 Å². The molecule has 0 fully saturated rings. The molecule has 0 aliphatic carbocycles. The van der Waals surface area contributed by atoms with E-state index in [1.54, 1.807) is 7.11 Å². The van der Waals surface area contributed by atoms with Crippen molar-refractivity contribution < 1.29 is 10.1 Å². The fourth-order valence-corrected chi connectivity index (χ4v) is 2.66. The Morgan fingerprint density at radius 2 is 1.64 bits per heavy atom. The van der Waals surface area contributed by atoms with Gasteiger partial charge >= 0.3 is 0 Å². The second kappa shape index (κ2) is 8.60. The van der Waals surface area contributed by atoms with Crippen LogP contribution in [0.4, 0.5) is 0 Å². The van der Waals surface area contributed by atoms with E-state index in [0.717, 1.165) is 18.7 Å². The van der Waals surface area contributed by atoms with Crippen LogP contribution in [0.3, 0.4) is 0 Å². The Hall–Kier alpha value is -1.80. The Bertz CT molecular complexity index is 535. The van der Waals surface area contributed by atoms with Gasteiger partial charge in [-0.2, -0.15) is 0 Å². The number of ether oxygens (including phenoxy) is 1. The van der Waals surface area contributed by atoms with Crippen LogP contribution >= 0.6 is 0 Å². The summed E-state index contributed by atoms with van der Waals surface area (Å²) in [7, 11) is 1.71. The van der Waals surface area contributed by atoms with Gasteiger partial charge in [-0.05, 0) is 36.6 Å². The molecule has 0 aliphatic rings. The predicted molar refractivity (Wildman–Crippen MR) is 92.4 cm³/mol. The topological polar surface area (TPSA) is 25.8 Å². The maximum atomic E-state index is 5.20. The highest BCUT2D eigenvalue weighted by molar-refractivity contribution is 5.27. The van der Waals surface area contributed by atoms with Crippen molar-refractivity contribution in [1.29, 1.82) is 0 Å². The van der Waals surface area contributed by atoms with Gasteiger partial charge in [0.15, 0.2) is 0 Å². The van der Waals surface area contributed by atoms with Gasteiger partial charge in [0.25, 0.3) is 0 Å². The smallest absolute Gasteiger partial charge is 0.118 e. The third-order valence-corrected chi connectivity index (χ3v) is 4.31. The van der Waals surface area contributed by atoms with Crippen molar-refractivity contribution in [3.05, 3.63) is 65.7 Å². The number of benzene rings is 2. The van der Waals surface area contributed by atoms with Crippen LogP contribution in [0, 0.1) is 0 Å². The first kappa shape index (κ1) is 16.6. The first-order valence-electron chi connectivity index (χ1n) is 8.20. The van der Waals surface area contributed by atoms with E-state index >= 15 is 0 Å². The number of hydrogen-bond donors (Lipinski definition) is 1. The lowest BCUT2D eigenvalue weighted by Gasteiger charge is -2.15. The summed E-state index contributed by atoms with van der Waals surface area (Å²) in [4.78, 5) is 0. The molecule has 0 heterocycles. The van der Waals surface area contributed by atoms with Crippen molar-refractivity contribution in [2.75, 3.05) is 13.7 Å². The molecule has 0 saturated heterocycles. The second-order valence-electron chi connectivity index (χ2n) is 6.15. The highest BCUT2D eigenvalue weighted by Gasteiger charge is 2.10. The van der Waals surface area contributed by atoms with Crippen molar-refractivity contribution in [3.63, 3.8) is 0 Å². The zero-order valence-corrected chi connectivity index (χ0v) is 14.0. The number of nitrogens with two attached hydrogens (primary N) is 1. The van der Waals surface area contributed by atoms with Crippen LogP contribution in [-0.2, 0) is 6.42 Å². The standard InChI is InChI=1S/C20H27NO/c1-16(19-7-5-4-6-8-19)15-21-17(2)9-10-18-11-13-20(22-3)14-12-18/h4-8,11-14,16-17,21H,9-10,15H2,1-3H3/p+1/t16-,17-/m1/s1.